The van der Waals surface area contributed by atoms with Gasteiger partial charge in [-0.15, -0.1) is 12.6 Å². The molecule has 1 aromatic carbocycles. The van der Waals surface area contributed by atoms with Crippen molar-refractivity contribution >= 4 is 44.5 Å². The molecular formula is C7H6Br2S. The highest BCUT2D eigenvalue weighted by Crippen LogP contribution is 2.30. The van der Waals surface area contributed by atoms with Gasteiger partial charge in [0.1, 0.15) is 0 Å². The summed E-state index contributed by atoms with van der Waals surface area (Å²) in [5.41, 5.74) is 1.21. The molecule has 1 aromatic rings. The average Bonchev–Trinajstić information content (AvgIpc) is 1.82. The molecule has 0 heterocycles. The van der Waals surface area contributed by atoms with E-state index in [1.807, 2.05) is 19.1 Å². The van der Waals surface area contributed by atoms with Gasteiger partial charge in [-0.25, -0.2) is 0 Å². The molecule has 0 saturated heterocycles. The fraction of sp³-hybridized carbons (Fsp3) is 0.143. The van der Waals surface area contributed by atoms with E-state index in [1.165, 1.54) is 5.56 Å². The zero-order valence-corrected chi connectivity index (χ0v) is 9.42. The molecule has 10 heavy (non-hydrogen) atoms. The SMILES string of the molecule is Cc1cc(S)c(Br)c(Br)c1. The molecule has 1 rings (SSSR count). The lowest BCUT2D eigenvalue weighted by Gasteiger charge is -2.00. The summed E-state index contributed by atoms with van der Waals surface area (Å²) in [7, 11) is 0. The lowest BCUT2D eigenvalue weighted by atomic mass is 10.2. The van der Waals surface area contributed by atoms with Crippen LogP contribution >= 0.6 is 44.5 Å². The maximum Gasteiger partial charge on any atom is 0.0450 e. The summed E-state index contributed by atoms with van der Waals surface area (Å²) >= 11 is 11.1. The van der Waals surface area contributed by atoms with Crippen LogP contribution in [0.4, 0.5) is 0 Å². The van der Waals surface area contributed by atoms with Gasteiger partial charge in [0.2, 0.25) is 0 Å². The summed E-state index contributed by atoms with van der Waals surface area (Å²) in [5, 5.41) is 0. The van der Waals surface area contributed by atoms with Crippen molar-refractivity contribution in [1.29, 1.82) is 0 Å². The highest BCUT2D eigenvalue weighted by Gasteiger charge is 2.00. The predicted octanol–water partition coefficient (Wildman–Crippen LogP) is 3.81. The Kier molecular flexibility index (Phi) is 2.83. The maximum absolute atomic E-state index is 4.26. The molecule has 0 amide bonds. The highest BCUT2D eigenvalue weighted by molar-refractivity contribution is 9.13. The maximum atomic E-state index is 4.26. The van der Waals surface area contributed by atoms with E-state index in [9.17, 15) is 0 Å². The molecule has 0 aliphatic heterocycles. The molecule has 0 N–H and O–H groups in total. The van der Waals surface area contributed by atoms with Gasteiger partial charge in [-0.05, 0) is 56.5 Å². The van der Waals surface area contributed by atoms with Crippen LogP contribution in [0.5, 0.6) is 0 Å². The first kappa shape index (κ1) is 8.62. The van der Waals surface area contributed by atoms with E-state index >= 15 is 0 Å². The summed E-state index contributed by atoms with van der Waals surface area (Å²) in [4.78, 5) is 0.965. The molecular weight excluding hydrogens is 276 g/mol. The second-order valence-corrected chi connectivity index (χ2v) is 4.21. The van der Waals surface area contributed by atoms with Crippen LogP contribution in [0.3, 0.4) is 0 Å². The summed E-state index contributed by atoms with van der Waals surface area (Å²) in [6.45, 7) is 2.04. The van der Waals surface area contributed by atoms with Gasteiger partial charge in [0, 0.05) is 13.8 Å². The first-order valence-corrected chi connectivity index (χ1v) is 4.79. The van der Waals surface area contributed by atoms with E-state index in [4.69, 9.17) is 0 Å². The second kappa shape index (κ2) is 3.28. The molecule has 0 radical (unpaired) electrons. The molecule has 0 bridgehead atoms. The molecule has 54 valence electrons. The number of thiol groups is 1. The minimum absolute atomic E-state index is 0.965. The van der Waals surface area contributed by atoms with Gasteiger partial charge in [0.05, 0.1) is 0 Å². The second-order valence-electron chi connectivity index (χ2n) is 2.08. The van der Waals surface area contributed by atoms with Crippen LogP contribution in [0, 0.1) is 6.92 Å². The van der Waals surface area contributed by atoms with Crippen LogP contribution < -0.4 is 0 Å². The van der Waals surface area contributed by atoms with E-state index in [-0.39, 0.29) is 0 Å². The van der Waals surface area contributed by atoms with Gasteiger partial charge in [-0.2, -0.15) is 0 Å². The largest absolute Gasteiger partial charge is 0.142 e. The van der Waals surface area contributed by atoms with Crippen molar-refractivity contribution in [3.05, 3.63) is 26.6 Å². The molecule has 0 spiro atoms. The minimum Gasteiger partial charge on any atom is -0.142 e. The number of benzene rings is 1. The quantitative estimate of drug-likeness (QED) is 0.687. The third-order valence-corrected chi connectivity index (χ3v) is 3.82. The first-order valence-electron chi connectivity index (χ1n) is 2.76. The number of aryl methyl sites for hydroxylation is 1. The number of hydrogen-bond donors (Lipinski definition) is 1. The third-order valence-electron chi connectivity index (χ3n) is 1.15. The van der Waals surface area contributed by atoms with E-state index in [0.29, 0.717) is 0 Å². The van der Waals surface area contributed by atoms with Gasteiger partial charge in [-0.1, -0.05) is 0 Å². The van der Waals surface area contributed by atoms with Crippen LogP contribution in [0.25, 0.3) is 0 Å². The molecule has 0 unspecified atom stereocenters. The molecule has 0 saturated carbocycles. The molecule has 0 aromatic heterocycles. The van der Waals surface area contributed by atoms with Gasteiger partial charge in [0.25, 0.3) is 0 Å². The Hall–Kier alpha value is 0.530. The van der Waals surface area contributed by atoms with Crippen LogP contribution in [0.15, 0.2) is 26.0 Å². The third kappa shape index (κ3) is 1.77. The lowest BCUT2D eigenvalue weighted by molar-refractivity contribution is 1.31. The standard InChI is InChI=1S/C7H6Br2S/c1-4-2-5(8)7(9)6(10)3-4/h2-3,10H,1H3. The number of hydrogen-bond acceptors (Lipinski definition) is 1. The van der Waals surface area contributed by atoms with E-state index < -0.39 is 0 Å². The number of rotatable bonds is 0. The van der Waals surface area contributed by atoms with Crippen molar-refractivity contribution in [2.24, 2.45) is 0 Å². The first-order chi connectivity index (χ1) is 4.61. The summed E-state index contributed by atoms with van der Waals surface area (Å²) in [5.74, 6) is 0. The summed E-state index contributed by atoms with van der Waals surface area (Å²) < 4.78 is 2.07. The Bertz CT molecular complexity index is 235. The molecule has 0 atom stereocenters. The van der Waals surface area contributed by atoms with Crippen LogP contribution in [-0.4, -0.2) is 0 Å². The summed E-state index contributed by atoms with van der Waals surface area (Å²) in [6, 6.07) is 4.06. The topological polar surface area (TPSA) is 0 Å². The van der Waals surface area contributed by atoms with Gasteiger partial charge in [-0.3, -0.25) is 0 Å². The zero-order valence-electron chi connectivity index (χ0n) is 5.36. The Labute approximate surface area is 82.7 Å². The van der Waals surface area contributed by atoms with Crippen molar-refractivity contribution in [3.8, 4) is 0 Å². The van der Waals surface area contributed by atoms with Gasteiger partial charge >= 0.3 is 0 Å². The average molecular weight is 282 g/mol. The molecule has 0 nitrogen and oxygen atoms in total. The highest BCUT2D eigenvalue weighted by atomic mass is 79.9. The predicted molar refractivity (Wildman–Crippen MR) is 53.8 cm³/mol. The van der Waals surface area contributed by atoms with Crippen LogP contribution in [0.2, 0.25) is 0 Å². The fourth-order valence-electron chi connectivity index (χ4n) is 0.706. The number of halogens is 2. The van der Waals surface area contributed by atoms with Crippen LogP contribution in [0.1, 0.15) is 5.56 Å². The van der Waals surface area contributed by atoms with Crippen molar-refractivity contribution < 1.29 is 0 Å². The molecule has 0 aliphatic rings. The van der Waals surface area contributed by atoms with Crippen molar-refractivity contribution in [2.45, 2.75) is 11.8 Å². The summed E-state index contributed by atoms with van der Waals surface area (Å²) in [6.07, 6.45) is 0. The smallest absolute Gasteiger partial charge is 0.0450 e. The van der Waals surface area contributed by atoms with Crippen LogP contribution in [-0.2, 0) is 0 Å². The normalized spacial score (nSPS) is 10.0. The van der Waals surface area contributed by atoms with E-state index in [0.717, 1.165) is 13.8 Å². The van der Waals surface area contributed by atoms with Gasteiger partial charge < -0.3 is 0 Å². The minimum atomic E-state index is 0.965. The Morgan fingerprint density at radius 3 is 2.40 bits per heavy atom. The Morgan fingerprint density at radius 1 is 1.30 bits per heavy atom. The molecule has 0 aliphatic carbocycles. The van der Waals surface area contributed by atoms with Crippen molar-refractivity contribution in [2.75, 3.05) is 0 Å². The monoisotopic (exact) mass is 280 g/mol. The Morgan fingerprint density at radius 2 is 1.90 bits per heavy atom. The van der Waals surface area contributed by atoms with Crippen molar-refractivity contribution in [1.82, 2.24) is 0 Å². The Balaban J connectivity index is 3.31. The molecule has 0 fully saturated rings. The molecule has 3 heteroatoms. The lowest BCUT2D eigenvalue weighted by Crippen LogP contribution is -1.76. The fourth-order valence-corrected chi connectivity index (χ4v) is 1.99. The van der Waals surface area contributed by atoms with Crippen molar-refractivity contribution in [3.63, 3.8) is 0 Å². The van der Waals surface area contributed by atoms with E-state index in [1.54, 1.807) is 0 Å². The van der Waals surface area contributed by atoms with E-state index in [2.05, 4.69) is 44.5 Å². The van der Waals surface area contributed by atoms with Gasteiger partial charge in [0.15, 0.2) is 0 Å². The zero-order chi connectivity index (χ0) is 7.72.